The highest BCUT2D eigenvalue weighted by molar-refractivity contribution is 6.17. The number of hydrogen-bond donors (Lipinski definition) is 0. The van der Waals surface area contributed by atoms with Crippen LogP contribution < -0.4 is 0 Å². The first-order valence-electron chi connectivity index (χ1n) is 3.28. The maximum Gasteiger partial charge on any atom is 0.0479 e. The maximum atomic E-state index is 5.72. The van der Waals surface area contributed by atoms with Crippen molar-refractivity contribution in [2.75, 3.05) is 0 Å². The number of rotatable bonds is 1. The van der Waals surface area contributed by atoms with Crippen molar-refractivity contribution in [3.8, 4) is 0 Å². The number of benzene rings is 1. The van der Waals surface area contributed by atoms with Crippen LogP contribution in [0.2, 0.25) is 0 Å². The van der Waals surface area contributed by atoms with E-state index in [0.29, 0.717) is 5.88 Å². The third-order valence-electron chi connectivity index (χ3n) is 1.69. The van der Waals surface area contributed by atoms with Gasteiger partial charge in [0.1, 0.15) is 0 Å². The predicted molar refractivity (Wildman–Crippen MR) is 44.3 cm³/mol. The van der Waals surface area contributed by atoms with Crippen molar-refractivity contribution < 1.29 is 0 Å². The van der Waals surface area contributed by atoms with E-state index in [4.69, 9.17) is 11.6 Å². The van der Waals surface area contributed by atoms with Crippen molar-refractivity contribution in [3.63, 3.8) is 0 Å². The van der Waals surface area contributed by atoms with E-state index in [2.05, 4.69) is 19.9 Å². The van der Waals surface area contributed by atoms with E-state index < -0.39 is 0 Å². The second-order valence-corrected chi connectivity index (χ2v) is 2.70. The van der Waals surface area contributed by atoms with Crippen LogP contribution in [-0.4, -0.2) is 0 Å². The van der Waals surface area contributed by atoms with E-state index in [1.54, 1.807) is 0 Å². The Labute approximate surface area is 66.8 Å². The third kappa shape index (κ3) is 1.32. The molecule has 1 heteroatoms. The smallest absolute Gasteiger partial charge is 0.0479 e. The standard InChI is InChI=1S/C9H10Cl/c1-7-4-3-5-8(2)9(7)6-10/h4-5H,6H2,1-2H3. The third-order valence-corrected chi connectivity index (χ3v) is 1.95. The SMILES string of the molecule is Cc1c[c]cc(C)c1CCl. The Morgan fingerprint density at radius 3 is 2.10 bits per heavy atom. The molecule has 0 aliphatic rings. The van der Waals surface area contributed by atoms with Gasteiger partial charge in [-0.2, -0.15) is 0 Å². The molecule has 1 rings (SSSR count). The Kier molecular flexibility index (Phi) is 2.34. The number of aryl methyl sites for hydroxylation is 2. The summed E-state index contributed by atoms with van der Waals surface area (Å²) in [6.45, 7) is 4.11. The minimum atomic E-state index is 0.604. The number of halogens is 1. The second kappa shape index (κ2) is 3.07. The highest BCUT2D eigenvalue weighted by Crippen LogP contribution is 2.14. The zero-order valence-corrected chi connectivity index (χ0v) is 7.00. The molecule has 0 heterocycles. The fourth-order valence-corrected chi connectivity index (χ4v) is 1.41. The maximum absolute atomic E-state index is 5.72. The first kappa shape index (κ1) is 7.62. The van der Waals surface area contributed by atoms with Crippen molar-refractivity contribution in [1.82, 2.24) is 0 Å². The molecule has 0 bridgehead atoms. The average molecular weight is 154 g/mol. The fourth-order valence-electron chi connectivity index (χ4n) is 0.988. The summed E-state index contributed by atoms with van der Waals surface area (Å²) >= 11 is 5.72. The van der Waals surface area contributed by atoms with Crippen LogP contribution in [0.15, 0.2) is 12.1 Å². The van der Waals surface area contributed by atoms with E-state index in [-0.39, 0.29) is 0 Å². The van der Waals surface area contributed by atoms with E-state index >= 15 is 0 Å². The van der Waals surface area contributed by atoms with Crippen LogP contribution in [0.5, 0.6) is 0 Å². The Balaban J connectivity index is 3.17. The van der Waals surface area contributed by atoms with Crippen molar-refractivity contribution in [2.24, 2.45) is 0 Å². The Hall–Kier alpha value is -0.490. The highest BCUT2D eigenvalue weighted by atomic mass is 35.5. The van der Waals surface area contributed by atoms with Crippen LogP contribution in [0, 0.1) is 19.9 Å². The summed E-state index contributed by atoms with van der Waals surface area (Å²) in [5, 5.41) is 0. The van der Waals surface area contributed by atoms with Gasteiger partial charge in [0.05, 0.1) is 0 Å². The molecule has 1 aromatic rings. The Morgan fingerprint density at radius 2 is 1.80 bits per heavy atom. The minimum Gasteiger partial charge on any atom is -0.122 e. The molecule has 0 aliphatic heterocycles. The van der Waals surface area contributed by atoms with E-state index in [1.165, 1.54) is 16.7 Å². The lowest BCUT2D eigenvalue weighted by atomic mass is 10.1. The van der Waals surface area contributed by atoms with Gasteiger partial charge in [-0.25, -0.2) is 0 Å². The first-order chi connectivity index (χ1) is 4.75. The minimum absolute atomic E-state index is 0.604. The normalized spacial score (nSPS) is 9.90. The summed E-state index contributed by atoms with van der Waals surface area (Å²) in [6, 6.07) is 6.97. The molecule has 0 aromatic heterocycles. The molecule has 0 N–H and O–H groups in total. The molecule has 0 nitrogen and oxygen atoms in total. The van der Waals surface area contributed by atoms with Gasteiger partial charge in [0.15, 0.2) is 0 Å². The molecule has 0 amide bonds. The molecule has 0 atom stereocenters. The zero-order chi connectivity index (χ0) is 7.56. The van der Waals surface area contributed by atoms with Gasteiger partial charge >= 0.3 is 0 Å². The predicted octanol–water partition coefficient (Wildman–Crippen LogP) is 2.84. The summed E-state index contributed by atoms with van der Waals surface area (Å²) in [4.78, 5) is 0. The average Bonchev–Trinajstić information content (AvgIpc) is 1.88. The van der Waals surface area contributed by atoms with Gasteiger partial charge in [-0.3, -0.25) is 0 Å². The summed E-state index contributed by atoms with van der Waals surface area (Å²) in [5.74, 6) is 0.604. The molecule has 1 radical (unpaired) electrons. The fraction of sp³-hybridized carbons (Fsp3) is 0.333. The second-order valence-electron chi connectivity index (χ2n) is 2.43. The summed E-state index contributed by atoms with van der Waals surface area (Å²) < 4.78 is 0. The molecule has 0 spiro atoms. The summed E-state index contributed by atoms with van der Waals surface area (Å²) in [5.41, 5.74) is 3.70. The van der Waals surface area contributed by atoms with Crippen LogP contribution in [0.4, 0.5) is 0 Å². The quantitative estimate of drug-likeness (QED) is 0.545. The lowest BCUT2D eigenvalue weighted by Crippen LogP contribution is -1.88. The van der Waals surface area contributed by atoms with Crippen molar-refractivity contribution in [3.05, 3.63) is 34.9 Å². The summed E-state index contributed by atoms with van der Waals surface area (Å²) in [7, 11) is 0. The van der Waals surface area contributed by atoms with Crippen molar-refractivity contribution in [1.29, 1.82) is 0 Å². The van der Waals surface area contributed by atoms with Gasteiger partial charge in [-0.1, -0.05) is 12.1 Å². The number of alkyl halides is 1. The molecule has 0 saturated carbocycles. The van der Waals surface area contributed by atoms with Gasteiger partial charge in [0, 0.05) is 5.88 Å². The Bertz CT molecular complexity index is 208. The topological polar surface area (TPSA) is 0 Å². The molecule has 1 aromatic carbocycles. The van der Waals surface area contributed by atoms with Crippen LogP contribution in [0.25, 0.3) is 0 Å². The number of hydrogen-bond acceptors (Lipinski definition) is 0. The van der Waals surface area contributed by atoms with Gasteiger partial charge in [0.2, 0.25) is 0 Å². The van der Waals surface area contributed by atoms with Crippen LogP contribution in [-0.2, 0) is 5.88 Å². The molecule has 0 saturated heterocycles. The molecule has 10 heavy (non-hydrogen) atoms. The summed E-state index contributed by atoms with van der Waals surface area (Å²) in [6.07, 6.45) is 0. The highest BCUT2D eigenvalue weighted by Gasteiger charge is 1.97. The molecular weight excluding hydrogens is 144 g/mol. The van der Waals surface area contributed by atoms with Gasteiger partial charge < -0.3 is 0 Å². The van der Waals surface area contributed by atoms with E-state index in [1.807, 2.05) is 12.1 Å². The van der Waals surface area contributed by atoms with E-state index in [9.17, 15) is 0 Å². The molecular formula is C9H10Cl. The van der Waals surface area contributed by atoms with Crippen LogP contribution in [0.3, 0.4) is 0 Å². The molecule has 53 valence electrons. The van der Waals surface area contributed by atoms with Gasteiger partial charge in [0.25, 0.3) is 0 Å². The first-order valence-corrected chi connectivity index (χ1v) is 3.81. The largest absolute Gasteiger partial charge is 0.122 e. The Morgan fingerprint density at radius 1 is 1.30 bits per heavy atom. The molecule has 0 aliphatic carbocycles. The van der Waals surface area contributed by atoms with Gasteiger partial charge in [-0.15, -0.1) is 11.6 Å². The molecule has 0 fully saturated rings. The van der Waals surface area contributed by atoms with Gasteiger partial charge in [-0.05, 0) is 36.6 Å². The van der Waals surface area contributed by atoms with Crippen molar-refractivity contribution in [2.45, 2.75) is 19.7 Å². The van der Waals surface area contributed by atoms with Crippen LogP contribution >= 0.6 is 11.6 Å². The van der Waals surface area contributed by atoms with E-state index in [0.717, 1.165) is 0 Å². The monoisotopic (exact) mass is 153 g/mol. The van der Waals surface area contributed by atoms with Crippen molar-refractivity contribution >= 4 is 11.6 Å². The lowest BCUT2D eigenvalue weighted by molar-refractivity contribution is 1.23. The van der Waals surface area contributed by atoms with Crippen LogP contribution in [0.1, 0.15) is 16.7 Å². The zero-order valence-electron chi connectivity index (χ0n) is 6.24. The lowest BCUT2D eigenvalue weighted by Gasteiger charge is -2.03. The molecule has 0 unspecified atom stereocenters.